The summed E-state index contributed by atoms with van der Waals surface area (Å²) in [6.07, 6.45) is 3.43. The van der Waals surface area contributed by atoms with Crippen molar-refractivity contribution in [2.75, 3.05) is 0 Å². The van der Waals surface area contributed by atoms with Gasteiger partial charge in [0.05, 0.1) is 11.9 Å². The van der Waals surface area contributed by atoms with E-state index < -0.39 is 0 Å². The minimum atomic E-state index is -0.316. The van der Waals surface area contributed by atoms with Crippen LogP contribution in [-0.4, -0.2) is 24.8 Å². The summed E-state index contributed by atoms with van der Waals surface area (Å²) in [4.78, 5) is 16.6. The van der Waals surface area contributed by atoms with Crippen LogP contribution in [0.3, 0.4) is 0 Å². The molecule has 0 bridgehead atoms. The Morgan fingerprint density at radius 1 is 1.03 bits per heavy atom. The van der Waals surface area contributed by atoms with Crippen molar-refractivity contribution in [3.8, 4) is 22.6 Å². The first-order valence-corrected chi connectivity index (χ1v) is 9.32. The summed E-state index contributed by atoms with van der Waals surface area (Å²) in [6.45, 7) is 2.22. The van der Waals surface area contributed by atoms with Gasteiger partial charge in [0.1, 0.15) is 12.4 Å². The Hall–Kier alpha value is -3.45. The van der Waals surface area contributed by atoms with Gasteiger partial charge in [0.15, 0.2) is 0 Å². The Labute approximate surface area is 172 Å². The van der Waals surface area contributed by atoms with Gasteiger partial charge in [-0.25, -0.2) is 4.79 Å². The van der Waals surface area contributed by atoms with E-state index in [2.05, 4.69) is 15.4 Å². The Bertz CT molecular complexity index is 1210. The van der Waals surface area contributed by atoms with Crippen molar-refractivity contribution < 1.29 is 4.74 Å². The van der Waals surface area contributed by atoms with Crippen LogP contribution in [0.25, 0.3) is 16.8 Å². The van der Waals surface area contributed by atoms with E-state index >= 15 is 0 Å². The number of ether oxygens (including phenoxy) is 1. The van der Waals surface area contributed by atoms with Crippen LogP contribution in [0.5, 0.6) is 5.75 Å². The highest BCUT2D eigenvalue weighted by atomic mass is 35.5. The Kier molecular flexibility index (Phi) is 5.14. The highest BCUT2D eigenvalue weighted by Crippen LogP contribution is 2.25. The van der Waals surface area contributed by atoms with Crippen molar-refractivity contribution in [1.29, 1.82) is 0 Å². The van der Waals surface area contributed by atoms with E-state index in [0.29, 0.717) is 16.5 Å². The van der Waals surface area contributed by atoms with Crippen LogP contribution >= 0.6 is 11.6 Å². The molecule has 29 heavy (non-hydrogen) atoms. The molecule has 4 aromatic rings. The van der Waals surface area contributed by atoms with Gasteiger partial charge in [0, 0.05) is 29.4 Å². The number of aromatic nitrogens is 5. The number of rotatable bonds is 5. The zero-order valence-electron chi connectivity index (χ0n) is 15.9. The van der Waals surface area contributed by atoms with Crippen LogP contribution in [0.1, 0.15) is 11.1 Å². The molecule has 0 spiro atoms. The molecule has 0 saturated carbocycles. The zero-order valence-corrected chi connectivity index (χ0v) is 16.7. The zero-order chi connectivity index (χ0) is 20.4. The number of pyridine rings is 1. The lowest BCUT2D eigenvalue weighted by Gasteiger charge is -2.13. The quantitative estimate of drug-likeness (QED) is 0.505. The van der Waals surface area contributed by atoms with Crippen molar-refractivity contribution in [3.63, 3.8) is 0 Å². The largest absolute Gasteiger partial charge is 0.487 e. The minimum Gasteiger partial charge on any atom is -0.487 e. The molecular weight excluding hydrogens is 390 g/mol. The average Bonchev–Trinajstić information content (AvgIpc) is 3.06. The summed E-state index contributed by atoms with van der Waals surface area (Å²) in [5.74, 6) is 0.623. The van der Waals surface area contributed by atoms with Gasteiger partial charge in [-0.15, -0.1) is 0 Å². The third kappa shape index (κ3) is 3.90. The second kappa shape index (κ2) is 7.89. The monoisotopic (exact) mass is 407 g/mol. The fourth-order valence-electron chi connectivity index (χ4n) is 2.99. The molecule has 0 aliphatic heterocycles. The van der Waals surface area contributed by atoms with Crippen molar-refractivity contribution in [3.05, 3.63) is 87.6 Å². The highest BCUT2D eigenvalue weighted by molar-refractivity contribution is 6.30. The first-order valence-electron chi connectivity index (χ1n) is 8.94. The summed E-state index contributed by atoms with van der Waals surface area (Å²) in [6, 6.07) is 15.1. The lowest BCUT2D eigenvalue weighted by Crippen LogP contribution is -2.23. The van der Waals surface area contributed by atoms with Crippen LogP contribution < -0.4 is 10.4 Å². The third-order valence-electron chi connectivity index (χ3n) is 4.61. The number of hydrogen-bond donors (Lipinski definition) is 0. The van der Waals surface area contributed by atoms with E-state index in [1.54, 1.807) is 19.4 Å². The van der Waals surface area contributed by atoms with E-state index in [1.807, 2.05) is 55.5 Å². The highest BCUT2D eigenvalue weighted by Gasteiger charge is 2.13. The molecule has 4 rings (SSSR count). The molecule has 2 aromatic carbocycles. The number of nitrogens with zero attached hydrogens (tertiary/aromatic N) is 5. The molecule has 0 atom stereocenters. The molecule has 7 nitrogen and oxygen atoms in total. The second-order valence-electron chi connectivity index (χ2n) is 6.57. The maximum absolute atomic E-state index is 12.3. The molecular formula is C21H18ClN5O2. The standard InChI is InChI=1S/C21H18ClN5O2/c1-14-4-3-5-20(27-21(28)26(2)24-25-27)19(14)13-29-18-10-16(11-23-12-18)15-6-8-17(22)9-7-15/h3-12H,13H2,1-2H3. The van der Waals surface area contributed by atoms with Crippen molar-refractivity contribution >= 4 is 11.6 Å². The Morgan fingerprint density at radius 3 is 2.55 bits per heavy atom. The number of hydrogen-bond acceptors (Lipinski definition) is 5. The molecule has 0 aliphatic rings. The second-order valence-corrected chi connectivity index (χ2v) is 7.01. The molecule has 0 N–H and O–H groups in total. The molecule has 0 radical (unpaired) electrons. The fourth-order valence-corrected chi connectivity index (χ4v) is 3.12. The summed E-state index contributed by atoms with van der Waals surface area (Å²) in [5.41, 5.74) is 4.09. The molecule has 0 fully saturated rings. The molecule has 146 valence electrons. The minimum absolute atomic E-state index is 0.261. The molecule has 2 aromatic heterocycles. The van der Waals surface area contributed by atoms with Gasteiger partial charge < -0.3 is 4.74 Å². The number of aryl methyl sites for hydroxylation is 2. The van der Waals surface area contributed by atoms with E-state index in [4.69, 9.17) is 16.3 Å². The molecule has 2 heterocycles. The first-order chi connectivity index (χ1) is 14.0. The van der Waals surface area contributed by atoms with Gasteiger partial charge in [0.2, 0.25) is 0 Å². The van der Waals surface area contributed by atoms with Crippen molar-refractivity contribution in [2.24, 2.45) is 7.05 Å². The normalized spacial score (nSPS) is 10.9. The van der Waals surface area contributed by atoms with Crippen molar-refractivity contribution in [1.82, 2.24) is 24.8 Å². The van der Waals surface area contributed by atoms with Crippen LogP contribution in [0.15, 0.2) is 65.7 Å². The predicted octanol–water partition coefficient (Wildman–Crippen LogP) is 3.57. The van der Waals surface area contributed by atoms with Gasteiger partial charge in [-0.3, -0.25) is 4.98 Å². The van der Waals surface area contributed by atoms with Crippen LogP contribution in [0.2, 0.25) is 5.02 Å². The van der Waals surface area contributed by atoms with Crippen LogP contribution in [0.4, 0.5) is 0 Å². The fraction of sp³-hybridized carbons (Fsp3) is 0.143. The molecule has 0 amide bonds. The maximum atomic E-state index is 12.3. The Balaban J connectivity index is 1.62. The summed E-state index contributed by atoms with van der Waals surface area (Å²) >= 11 is 5.97. The average molecular weight is 408 g/mol. The maximum Gasteiger partial charge on any atom is 0.368 e. The first kappa shape index (κ1) is 18.9. The van der Waals surface area contributed by atoms with E-state index in [0.717, 1.165) is 22.3 Å². The van der Waals surface area contributed by atoms with Gasteiger partial charge in [-0.05, 0) is 52.7 Å². The molecule has 0 unspecified atom stereocenters. The lowest BCUT2D eigenvalue weighted by molar-refractivity contribution is 0.303. The van der Waals surface area contributed by atoms with Gasteiger partial charge in [-0.2, -0.15) is 9.36 Å². The topological polar surface area (TPSA) is 74.8 Å². The number of benzene rings is 2. The van der Waals surface area contributed by atoms with Crippen LogP contribution in [0, 0.1) is 6.92 Å². The van der Waals surface area contributed by atoms with Crippen LogP contribution in [-0.2, 0) is 13.7 Å². The lowest BCUT2D eigenvalue weighted by atomic mass is 10.1. The summed E-state index contributed by atoms with van der Waals surface area (Å²) in [5, 5.41) is 8.41. The number of halogens is 1. The SMILES string of the molecule is Cc1cccc(-n2nnn(C)c2=O)c1COc1cncc(-c2ccc(Cl)cc2)c1. The predicted molar refractivity (Wildman–Crippen MR) is 110 cm³/mol. The van der Waals surface area contributed by atoms with E-state index in [1.165, 1.54) is 9.36 Å². The van der Waals surface area contributed by atoms with Gasteiger partial charge in [-0.1, -0.05) is 35.9 Å². The third-order valence-corrected chi connectivity index (χ3v) is 4.86. The Morgan fingerprint density at radius 2 is 1.83 bits per heavy atom. The molecule has 0 aliphatic carbocycles. The molecule has 0 saturated heterocycles. The smallest absolute Gasteiger partial charge is 0.368 e. The summed E-state index contributed by atoms with van der Waals surface area (Å²) < 4.78 is 8.47. The summed E-state index contributed by atoms with van der Waals surface area (Å²) in [7, 11) is 1.56. The van der Waals surface area contributed by atoms with E-state index in [9.17, 15) is 4.79 Å². The van der Waals surface area contributed by atoms with Crippen molar-refractivity contribution in [2.45, 2.75) is 13.5 Å². The number of tetrazole rings is 1. The van der Waals surface area contributed by atoms with E-state index in [-0.39, 0.29) is 12.3 Å². The van der Waals surface area contributed by atoms with Gasteiger partial charge >= 0.3 is 5.69 Å². The van der Waals surface area contributed by atoms with Gasteiger partial charge in [0.25, 0.3) is 0 Å². The molecule has 8 heteroatoms.